The van der Waals surface area contributed by atoms with Crippen molar-refractivity contribution < 1.29 is 0 Å². The van der Waals surface area contributed by atoms with Crippen LogP contribution in [0.4, 0.5) is 0 Å². The molecule has 0 radical (unpaired) electrons. The fraction of sp³-hybridized carbons (Fsp3) is 0.0811. The first-order chi connectivity index (χ1) is 19.7. The highest BCUT2D eigenvalue weighted by molar-refractivity contribution is 7.26. The molecule has 0 fully saturated rings. The first-order valence-corrected chi connectivity index (χ1v) is 14.6. The first-order valence-electron chi connectivity index (χ1n) is 13.8. The third-order valence-electron chi connectivity index (χ3n) is 8.13. The summed E-state index contributed by atoms with van der Waals surface area (Å²) in [5.41, 5.74) is 8.29. The number of aromatic nitrogens is 2. The minimum Gasteiger partial charge on any atom is -0.252 e. The second-order valence-corrected chi connectivity index (χ2v) is 11.8. The standard InChI is InChI=1S/C37H26N2S/c1-22(2)26-12-6-14-31-32-15-7-13-27(37(32)40-36(26)31)25-9-5-8-23(20-25)24-16-17-30-33(21-24)28-10-3-4-11-29(28)34-35(30)39-19-18-38-34/h3-22H,1-2H3. The van der Waals surface area contributed by atoms with Crippen molar-refractivity contribution in [3.63, 3.8) is 0 Å². The van der Waals surface area contributed by atoms with Crippen molar-refractivity contribution in [1.29, 1.82) is 0 Å². The van der Waals surface area contributed by atoms with E-state index in [1.165, 1.54) is 58.8 Å². The molecule has 0 atom stereocenters. The van der Waals surface area contributed by atoms with Crippen LogP contribution in [0, 0.1) is 0 Å². The Labute approximate surface area is 236 Å². The summed E-state index contributed by atoms with van der Waals surface area (Å²) in [5, 5.41) is 7.40. The molecule has 6 aromatic carbocycles. The summed E-state index contributed by atoms with van der Waals surface area (Å²) in [6, 6.07) is 37.8. The largest absolute Gasteiger partial charge is 0.252 e. The second-order valence-electron chi connectivity index (χ2n) is 10.8. The van der Waals surface area contributed by atoms with E-state index in [0.29, 0.717) is 5.92 Å². The van der Waals surface area contributed by atoms with Crippen LogP contribution in [0.5, 0.6) is 0 Å². The lowest BCUT2D eigenvalue weighted by molar-refractivity contribution is 0.878. The molecule has 40 heavy (non-hydrogen) atoms. The first kappa shape index (κ1) is 23.3. The van der Waals surface area contributed by atoms with Crippen LogP contribution in [0.3, 0.4) is 0 Å². The lowest BCUT2D eigenvalue weighted by Gasteiger charge is -2.11. The average Bonchev–Trinajstić information content (AvgIpc) is 3.40. The van der Waals surface area contributed by atoms with Crippen molar-refractivity contribution in [2.24, 2.45) is 0 Å². The molecule has 0 spiro atoms. The van der Waals surface area contributed by atoms with E-state index >= 15 is 0 Å². The van der Waals surface area contributed by atoms with Crippen LogP contribution in [-0.4, -0.2) is 9.97 Å². The summed E-state index contributed by atoms with van der Waals surface area (Å²) in [6.07, 6.45) is 3.56. The number of benzene rings is 6. The normalized spacial score (nSPS) is 12.0. The Hall–Kier alpha value is -4.60. The molecular weight excluding hydrogens is 504 g/mol. The number of hydrogen-bond acceptors (Lipinski definition) is 3. The molecule has 2 heterocycles. The van der Waals surface area contributed by atoms with Gasteiger partial charge in [0.15, 0.2) is 0 Å². The molecule has 0 saturated carbocycles. The lowest BCUT2D eigenvalue weighted by atomic mass is 9.94. The molecule has 3 heteroatoms. The van der Waals surface area contributed by atoms with Crippen LogP contribution >= 0.6 is 11.3 Å². The Morgan fingerprint density at radius 2 is 1.12 bits per heavy atom. The second kappa shape index (κ2) is 8.97. The van der Waals surface area contributed by atoms with Gasteiger partial charge >= 0.3 is 0 Å². The molecule has 0 aliphatic carbocycles. The molecule has 0 bridgehead atoms. The van der Waals surface area contributed by atoms with Crippen LogP contribution < -0.4 is 0 Å². The number of nitrogens with zero attached hydrogens (tertiary/aromatic N) is 2. The van der Waals surface area contributed by atoms with Gasteiger partial charge in [-0.3, -0.25) is 9.97 Å². The summed E-state index contributed by atoms with van der Waals surface area (Å²) in [5.74, 6) is 0.496. The van der Waals surface area contributed by atoms with Crippen molar-refractivity contribution in [3.05, 3.63) is 121 Å². The maximum Gasteiger partial charge on any atom is 0.0971 e. The van der Waals surface area contributed by atoms with Gasteiger partial charge in [-0.2, -0.15) is 0 Å². The van der Waals surface area contributed by atoms with E-state index in [9.17, 15) is 0 Å². The highest BCUT2D eigenvalue weighted by Gasteiger charge is 2.15. The summed E-state index contributed by atoms with van der Waals surface area (Å²) in [7, 11) is 0. The molecule has 0 N–H and O–H groups in total. The number of rotatable bonds is 3. The van der Waals surface area contributed by atoms with Gasteiger partial charge in [0.05, 0.1) is 11.0 Å². The van der Waals surface area contributed by atoms with Gasteiger partial charge in [0.25, 0.3) is 0 Å². The molecule has 8 aromatic rings. The zero-order chi connectivity index (χ0) is 26.8. The Morgan fingerprint density at radius 1 is 0.500 bits per heavy atom. The maximum absolute atomic E-state index is 4.72. The molecule has 0 aliphatic heterocycles. The minimum atomic E-state index is 0.496. The van der Waals surface area contributed by atoms with E-state index in [-0.39, 0.29) is 0 Å². The number of fused-ring (bicyclic) bond motifs is 9. The Balaban J connectivity index is 1.32. The molecule has 0 amide bonds. The summed E-state index contributed by atoms with van der Waals surface area (Å²) in [4.78, 5) is 9.40. The van der Waals surface area contributed by atoms with Gasteiger partial charge in [-0.25, -0.2) is 0 Å². The van der Waals surface area contributed by atoms with Gasteiger partial charge in [-0.05, 0) is 56.6 Å². The van der Waals surface area contributed by atoms with E-state index in [0.717, 1.165) is 21.8 Å². The zero-order valence-corrected chi connectivity index (χ0v) is 23.2. The van der Waals surface area contributed by atoms with Gasteiger partial charge in [-0.15, -0.1) is 11.3 Å². The smallest absolute Gasteiger partial charge is 0.0971 e. The Kier molecular flexibility index (Phi) is 5.23. The van der Waals surface area contributed by atoms with Crippen molar-refractivity contribution in [2.75, 3.05) is 0 Å². The highest BCUT2D eigenvalue weighted by atomic mass is 32.1. The van der Waals surface area contributed by atoms with Gasteiger partial charge in [0, 0.05) is 43.3 Å². The molecule has 2 nitrogen and oxygen atoms in total. The Bertz CT molecular complexity index is 2220. The third-order valence-corrected chi connectivity index (χ3v) is 9.43. The molecule has 2 aromatic heterocycles. The van der Waals surface area contributed by atoms with E-state index in [1.807, 2.05) is 11.3 Å². The van der Waals surface area contributed by atoms with Gasteiger partial charge in [-0.1, -0.05) is 105 Å². The highest BCUT2D eigenvalue weighted by Crippen LogP contribution is 2.43. The SMILES string of the molecule is CC(C)c1cccc2c1sc1c(-c3cccc(-c4ccc5c(c4)c4ccccc4c4nccnc54)c3)cccc12. The maximum atomic E-state index is 4.72. The van der Waals surface area contributed by atoms with Crippen LogP contribution in [-0.2, 0) is 0 Å². The predicted molar refractivity (Wildman–Crippen MR) is 172 cm³/mol. The zero-order valence-electron chi connectivity index (χ0n) is 22.3. The lowest BCUT2D eigenvalue weighted by Crippen LogP contribution is -1.89. The van der Waals surface area contributed by atoms with E-state index < -0.39 is 0 Å². The van der Waals surface area contributed by atoms with E-state index in [1.54, 1.807) is 12.4 Å². The quantitative estimate of drug-likeness (QED) is 0.212. The average molecular weight is 531 g/mol. The summed E-state index contributed by atoms with van der Waals surface area (Å²) in [6.45, 7) is 4.57. The third kappa shape index (κ3) is 3.48. The van der Waals surface area contributed by atoms with Crippen LogP contribution in [0.1, 0.15) is 25.3 Å². The van der Waals surface area contributed by atoms with Crippen molar-refractivity contribution >= 4 is 64.1 Å². The van der Waals surface area contributed by atoms with Crippen LogP contribution in [0.25, 0.3) is 75.0 Å². The van der Waals surface area contributed by atoms with Gasteiger partial charge < -0.3 is 0 Å². The predicted octanol–water partition coefficient (Wildman–Crippen LogP) is 10.8. The molecule has 0 unspecified atom stereocenters. The molecule has 8 rings (SSSR count). The van der Waals surface area contributed by atoms with Crippen molar-refractivity contribution in [2.45, 2.75) is 19.8 Å². The number of thiophene rings is 1. The van der Waals surface area contributed by atoms with Crippen LogP contribution in [0.2, 0.25) is 0 Å². The fourth-order valence-electron chi connectivity index (χ4n) is 6.20. The van der Waals surface area contributed by atoms with E-state index in [4.69, 9.17) is 4.98 Å². The van der Waals surface area contributed by atoms with E-state index in [2.05, 4.69) is 122 Å². The fourth-order valence-corrected chi connectivity index (χ4v) is 7.70. The Morgan fingerprint density at radius 3 is 1.93 bits per heavy atom. The van der Waals surface area contributed by atoms with Gasteiger partial charge in [0.1, 0.15) is 0 Å². The summed E-state index contributed by atoms with van der Waals surface area (Å²) < 4.78 is 2.77. The minimum absolute atomic E-state index is 0.496. The molecular formula is C37H26N2S. The van der Waals surface area contributed by atoms with Gasteiger partial charge in [0.2, 0.25) is 0 Å². The van der Waals surface area contributed by atoms with Crippen molar-refractivity contribution in [3.8, 4) is 22.3 Å². The number of hydrogen-bond donors (Lipinski definition) is 0. The van der Waals surface area contributed by atoms with Crippen LogP contribution in [0.15, 0.2) is 116 Å². The molecule has 0 saturated heterocycles. The molecule has 0 aliphatic rings. The summed E-state index contributed by atoms with van der Waals surface area (Å²) >= 11 is 1.93. The topological polar surface area (TPSA) is 25.8 Å². The molecule has 190 valence electrons. The monoisotopic (exact) mass is 530 g/mol. The van der Waals surface area contributed by atoms with Crippen molar-refractivity contribution in [1.82, 2.24) is 9.97 Å².